The van der Waals surface area contributed by atoms with E-state index < -0.39 is 0 Å². The summed E-state index contributed by atoms with van der Waals surface area (Å²) in [7, 11) is 0. The molecular weight excluding hydrogens is 236 g/mol. The number of rotatable bonds is 2. The highest BCUT2D eigenvalue weighted by molar-refractivity contribution is 5.49. The lowest BCUT2D eigenvalue weighted by molar-refractivity contribution is -0.182. The van der Waals surface area contributed by atoms with Crippen molar-refractivity contribution in [3.8, 4) is 0 Å². The third kappa shape index (κ3) is 3.48. The van der Waals surface area contributed by atoms with Gasteiger partial charge in [0.1, 0.15) is 0 Å². The summed E-state index contributed by atoms with van der Waals surface area (Å²) in [5.74, 6) is 0. The van der Waals surface area contributed by atoms with Crippen molar-refractivity contribution in [2.45, 2.75) is 52.4 Å². The summed E-state index contributed by atoms with van der Waals surface area (Å²) in [6.07, 6.45) is 0. The van der Waals surface area contributed by atoms with Gasteiger partial charge in [0.2, 0.25) is 0 Å². The highest BCUT2D eigenvalue weighted by Crippen LogP contribution is 2.29. The normalized spacial score (nSPS) is 22.4. The van der Waals surface area contributed by atoms with Crippen LogP contribution < -0.4 is 5.73 Å². The number of nitrogens with two attached hydrogens (primary N) is 1. The first kappa shape index (κ1) is 14.4. The van der Waals surface area contributed by atoms with Gasteiger partial charge in [-0.25, -0.2) is 0 Å². The van der Waals surface area contributed by atoms with E-state index in [9.17, 15) is 0 Å². The third-order valence-electron chi connectivity index (χ3n) is 3.64. The SMILES string of the molecule is Cc1c(N)cccc1CN1CC(C)(C)OC(C)(C)C1. The quantitative estimate of drug-likeness (QED) is 0.833. The molecule has 0 aliphatic carbocycles. The predicted molar refractivity (Wildman–Crippen MR) is 80.1 cm³/mol. The van der Waals surface area contributed by atoms with E-state index in [1.54, 1.807) is 0 Å². The molecule has 1 aliphatic rings. The highest BCUT2D eigenvalue weighted by Gasteiger charge is 2.37. The maximum absolute atomic E-state index is 6.12. The Morgan fingerprint density at radius 3 is 2.32 bits per heavy atom. The first-order chi connectivity index (χ1) is 8.69. The fraction of sp³-hybridized carbons (Fsp3) is 0.625. The first-order valence-electron chi connectivity index (χ1n) is 6.95. The Bertz CT molecular complexity index is 450. The average molecular weight is 262 g/mol. The van der Waals surface area contributed by atoms with Gasteiger partial charge in [0.05, 0.1) is 11.2 Å². The van der Waals surface area contributed by atoms with Crippen LogP contribution in [0.2, 0.25) is 0 Å². The number of anilines is 1. The molecule has 0 saturated carbocycles. The van der Waals surface area contributed by atoms with E-state index in [4.69, 9.17) is 10.5 Å². The zero-order chi connectivity index (χ0) is 14.3. The maximum atomic E-state index is 6.12. The number of ether oxygens (including phenoxy) is 1. The van der Waals surface area contributed by atoms with Crippen molar-refractivity contribution in [2.75, 3.05) is 18.8 Å². The van der Waals surface area contributed by atoms with E-state index in [1.165, 1.54) is 11.1 Å². The van der Waals surface area contributed by atoms with Crippen LogP contribution in [-0.2, 0) is 11.3 Å². The van der Waals surface area contributed by atoms with Gasteiger partial charge in [-0.1, -0.05) is 12.1 Å². The van der Waals surface area contributed by atoms with Crippen LogP contribution in [-0.4, -0.2) is 29.2 Å². The predicted octanol–water partition coefficient (Wildman–Crippen LogP) is 2.97. The molecule has 1 aliphatic heterocycles. The van der Waals surface area contributed by atoms with Crippen molar-refractivity contribution in [2.24, 2.45) is 0 Å². The molecule has 0 radical (unpaired) electrons. The van der Waals surface area contributed by atoms with Gasteiger partial charge in [0, 0.05) is 25.3 Å². The Balaban J connectivity index is 2.16. The topological polar surface area (TPSA) is 38.5 Å². The molecule has 106 valence electrons. The van der Waals surface area contributed by atoms with Crippen molar-refractivity contribution in [3.05, 3.63) is 29.3 Å². The average Bonchev–Trinajstić information content (AvgIpc) is 2.20. The van der Waals surface area contributed by atoms with Gasteiger partial charge in [-0.2, -0.15) is 0 Å². The van der Waals surface area contributed by atoms with E-state index in [1.807, 2.05) is 12.1 Å². The minimum absolute atomic E-state index is 0.101. The molecule has 0 bridgehead atoms. The molecule has 0 aromatic heterocycles. The molecule has 1 aromatic rings. The molecule has 1 heterocycles. The Hall–Kier alpha value is -1.06. The largest absolute Gasteiger partial charge is 0.399 e. The van der Waals surface area contributed by atoms with Crippen molar-refractivity contribution in [1.82, 2.24) is 4.90 Å². The second-order valence-corrected chi connectivity index (χ2v) is 6.90. The molecule has 3 heteroatoms. The number of nitrogen functional groups attached to an aromatic ring is 1. The van der Waals surface area contributed by atoms with E-state index in [2.05, 4.69) is 45.6 Å². The summed E-state index contributed by atoms with van der Waals surface area (Å²) in [5, 5.41) is 0. The second kappa shape index (κ2) is 4.80. The van der Waals surface area contributed by atoms with Gasteiger partial charge in [-0.15, -0.1) is 0 Å². The van der Waals surface area contributed by atoms with Gasteiger partial charge >= 0.3 is 0 Å². The summed E-state index contributed by atoms with van der Waals surface area (Å²) >= 11 is 0. The second-order valence-electron chi connectivity index (χ2n) is 6.90. The van der Waals surface area contributed by atoms with Crippen LogP contribution in [0.25, 0.3) is 0 Å². The molecule has 2 rings (SSSR count). The molecular formula is C16H26N2O. The highest BCUT2D eigenvalue weighted by atomic mass is 16.5. The van der Waals surface area contributed by atoms with Crippen LogP contribution in [0.3, 0.4) is 0 Å². The molecule has 3 nitrogen and oxygen atoms in total. The minimum atomic E-state index is -0.101. The van der Waals surface area contributed by atoms with Crippen molar-refractivity contribution >= 4 is 5.69 Å². The van der Waals surface area contributed by atoms with Gasteiger partial charge in [-0.3, -0.25) is 4.90 Å². The Morgan fingerprint density at radius 1 is 1.16 bits per heavy atom. The number of morpholine rings is 1. The van der Waals surface area contributed by atoms with Crippen LogP contribution in [0.5, 0.6) is 0 Å². The summed E-state index contributed by atoms with van der Waals surface area (Å²) in [6, 6.07) is 6.17. The molecule has 1 aromatic carbocycles. The van der Waals surface area contributed by atoms with Gasteiger partial charge in [0.25, 0.3) is 0 Å². The van der Waals surface area contributed by atoms with Crippen LogP contribution in [0.4, 0.5) is 5.69 Å². The van der Waals surface area contributed by atoms with E-state index >= 15 is 0 Å². The molecule has 0 amide bonds. The Morgan fingerprint density at radius 2 is 1.74 bits per heavy atom. The number of hydrogen-bond donors (Lipinski definition) is 1. The summed E-state index contributed by atoms with van der Waals surface area (Å²) in [5.41, 5.74) is 9.18. The minimum Gasteiger partial charge on any atom is -0.399 e. The van der Waals surface area contributed by atoms with Crippen LogP contribution >= 0.6 is 0 Å². The fourth-order valence-corrected chi connectivity index (χ4v) is 3.17. The van der Waals surface area contributed by atoms with E-state index in [0.29, 0.717) is 0 Å². The molecule has 0 atom stereocenters. The van der Waals surface area contributed by atoms with Crippen molar-refractivity contribution < 1.29 is 4.74 Å². The van der Waals surface area contributed by atoms with Gasteiger partial charge < -0.3 is 10.5 Å². The third-order valence-corrected chi connectivity index (χ3v) is 3.64. The van der Waals surface area contributed by atoms with Crippen molar-refractivity contribution in [3.63, 3.8) is 0 Å². The standard InChI is InChI=1S/C16H26N2O/c1-12-13(7-6-8-14(12)17)9-18-10-15(2,3)19-16(4,5)11-18/h6-8H,9-11,17H2,1-5H3. The smallest absolute Gasteiger partial charge is 0.0760 e. The van der Waals surface area contributed by atoms with E-state index in [-0.39, 0.29) is 11.2 Å². The molecule has 0 unspecified atom stereocenters. The lowest BCUT2D eigenvalue weighted by Gasteiger charge is -2.47. The summed E-state index contributed by atoms with van der Waals surface area (Å²) in [6.45, 7) is 13.6. The molecule has 19 heavy (non-hydrogen) atoms. The van der Waals surface area contributed by atoms with Gasteiger partial charge in [0.15, 0.2) is 0 Å². The fourth-order valence-electron chi connectivity index (χ4n) is 3.17. The zero-order valence-corrected chi connectivity index (χ0v) is 12.8. The summed E-state index contributed by atoms with van der Waals surface area (Å²) in [4.78, 5) is 2.46. The molecule has 2 N–H and O–H groups in total. The first-order valence-corrected chi connectivity index (χ1v) is 6.95. The Labute approximate surface area is 116 Å². The molecule has 1 fully saturated rings. The number of hydrogen-bond acceptors (Lipinski definition) is 3. The van der Waals surface area contributed by atoms with Crippen LogP contribution in [0, 0.1) is 6.92 Å². The molecule has 1 saturated heterocycles. The van der Waals surface area contributed by atoms with E-state index in [0.717, 1.165) is 25.3 Å². The summed E-state index contributed by atoms with van der Waals surface area (Å²) < 4.78 is 6.12. The van der Waals surface area contributed by atoms with Crippen molar-refractivity contribution in [1.29, 1.82) is 0 Å². The lowest BCUT2D eigenvalue weighted by Crippen LogP contribution is -2.56. The molecule has 0 spiro atoms. The number of benzene rings is 1. The maximum Gasteiger partial charge on any atom is 0.0760 e. The zero-order valence-electron chi connectivity index (χ0n) is 12.8. The Kier molecular flexibility index (Phi) is 3.63. The monoisotopic (exact) mass is 262 g/mol. The lowest BCUT2D eigenvalue weighted by atomic mass is 9.97. The van der Waals surface area contributed by atoms with Gasteiger partial charge in [-0.05, 0) is 51.8 Å². The number of nitrogens with zero attached hydrogens (tertiary/aromatic N) is 1. The van der Waals surface area contributed by atoms with Crippen LogP contribution in [0.15, 0.2) is 18.2 Å². The van der Waals surface area contributed by atoms with Crippen LogP contribution in [0.1, 0.15) is 38.8 Å².